The van der Waals surface area contributed by atoms with Gasteiger partial charge in [-0.3, -0.25) is 9.80 Å². The van der Waals surface area contributed by atoms with Gasteiger partial charge in [-0.15, -0.1) is 0 Å². The summed E-state index contributed by atoms with van der Waals surface area (Å²) in [4.78, 5) is 24.0. The van der Waals surface area contributed by atoms with Crippen molar-refractivity contribution >= 4 is 11.9 Å². The Bertz CT molecular complexity index is 484. The zero-order chi connectivity index (χ0) is 15.2. The van der Waals surface area contributed by atoms with E-state index in [2.05, 4.69) is 0 Å². The molecule has 114 valence electrons. The first-order valence-electron chi connectivity index (χ1n) is 7.35. The van der Waals surface area contributed by atoms with E-state index in [1.54, 1.807) is 6.92 Å². The van der Waals surface area contributed by atoms with Crippen molar-refractivity contribution in [3.8, 4) is 0 Å². The largest absolute Gasteiger partial charge is 0.459 e. The van der Waals surface area contributed by atoms with Crippen molar-refractivity contribution in [1.82, 2.24) is 10.0 Å². The zero-order valence-electron chi connectivity index (χ0n) is 12.6. The standard InChI is InChI=1S/C16H22N2O3/c1-13(18(14(2)19)17-10-6-7-11-17)16(20)21-12-15-8-4-3-5-9-15/h3-5,8-9,13H,6-7,10-12H2,1-2H3/t13-/m1/s1. The summed E-state index contributed by atoms with van der Waals surface area (Å²) in [5.74, 6) is -0.498. The molecule has 1 heterocycles. The van der Waals surface area contributed by atoms with E-state index in [1.165, 1.54) is 11.9 Å². The number of nitrogens with zero attached hydrogens (tertiary/aromatic N) is 2. The van der Waals surface area contributed by atoms with Crippen molar-refractivity contribution in [1.29, 1.82) is 0 Å². The Hall–Kier alpha value is -1.88. The van der Waals surface area contributed by atoms with E-state index in [0.29, 0.717) is 0 Å². The van der Waals surface area contributed by atoms with E-state index in [0.717, 1.165) is 31.5 Å². The van der Waals surface area contributed by atoms with Crippen LogP contribution in [-0.4, -0.2) is 41.0 Å². The highest BCUT2D eigenvalue weighted by Crippen LogP contribution is 2.15. The molecular formula is C16H22N2O3. The van der Waals surface area contributed by atoms with Crippen molar-refractivity contribution in [2.75, 3.05) is 13.1 Å². The lowest BCUT2D eigenvalue weighted by Crippen LogP contribution is -2.52. The number of hydrogen-bond acceptors (Lipinski definition) is 4. The van der Waals surface area contributed by atoms with Crippen molar-refractivity contribution in [2.24, 2.45) is 0 Å². The van der Waals surface area contributed by atoms with Gasteiger partial charge in [0.05, 0.1) is 0 Å². The lowest BCUT2D eigenvalue weighted by Gasteiger charge is -2.34. The van der Waals surface area contributed by atoms with Crippen LogP contribution >= 0.6 is 0 Å². The van der Waals surface area contributed by atoms with Crippen LogP contribution in [0.5, 0.6) is 0 Å². The Labute approximate surface area is 125 Å². The van der Waals surface area contributed by atoms with Crippen LogP contribution in [0, 0.1) is 0 Å². The van der Waals surface area contributed by atoms with E-state index in [9.17, 15) is 9.59 Å². The van der Waals surface area contributed by atoms with E-state index in [-0.39, 0.29) is 18.5 Å². The van der Waals surface area contributed by atoms with Gasteiger partial charge in [0.1, 0.15) is 12.6 Å². The molecule has 1 aliphatic heterocycles. The molecule has 1 amide bonds. The average molecular weight is 290 g/mol. The summed E-state index contributed by atoms with van der Waals surface area (Å²) < 4.78 is 5.32. The van der Waals surface area contributed by atoms with Crippen LogP contribution in [-0.2, 0) is 20.9 Å². The maximum Gasteiger partial charge on any atom is 0.330 e. The minimum absolute atomic E-state index is 0.124. The van der Waals surface area contributed by atoms with Crippen LogP contribution in [0.25, 0.3) is 0 Å². The molecule has 0 N–H and O–H groups in total. The Balaban J connectivity index is 1.94. The predicted octanol–water partition coefficient (Wildman–Crippen LogP) is 1.98. The van der Waals surface area contributed by atoms with E-state index >= 15 is 0 Å². The lowest BCUT2D eigenvalue weighted by molar-refractivity contribution is -0.168. The van der Waals surface area contributed by atoms with Gasteiger partial charge in [0.15, 0.2) is 0 Å². The molecule has 0 unspecified atom stereocenters. The molecule has 0 aliphatic carbocycles. The predicted molar refractivity (Wildman–Crippen MR) is 79.0 cm³/mol. The van der Waals surface area contributed by atoms with Gasteiger partial charge in [-0.2, -0.15) is 0 Å². The summed E-state index contributed by atoms with van der Waals surface area (Å²) in [6.45, 7) is 5.06. The van der Waals surface area contributed by atoms with Crippen molar-refractivity contribution < 1.29 is 14.3 Å². The molecule has 0 aromatic heterocycles. The quantitative estimate of drug-likeness (QED) is 0.778. The second kappa shape index (κ2) is 7.22. The number of esters is 1. The molecule has 5 heteroatoms. The molecule has 1 aromatic carbocycles. The minimum Gasteiger partial charge on any atom is -0.459 e. The Kier molecular flexibility index (Phi) is 5.33. The smallest absolute Gasteiger partial charge is 0.330 e. The molecule has 1 fully saturated rings. The molecule has 21 heavy (non-hydrogen) atoms. The SMILES string of the molecule is CC(=O)N([C@H](C)C(=O)OCc1ccccc1)N1CCCC1. The fraction of sp³-hybridized carbons (Fsp3) is 0.500. The summed E-state index contributed by atoms with van der Waals surface area (Å²) in [5.41, 5.74) is 0.939. The van der Waals surface area contributed by atoms with Gasteiger partial charge in [0.2, 0.25) is 5.91 Å². The van der Waals surface area contributed by atoms with Crippen LogP contribution in [0.15, 0.2) is 30.3 Å². The highest BCUT2D eigenvalue weighted by molar-refractivity contribution is 5.82. The van der Waals surface area contributed by atoms with E-state index in [4.69, 9.17) is 4.74 Å². The highest BCUT2D eigenvalue weighted by Gasteiger charge is 2.31. The van der Waals surface area contributed by atoms with Crippen molar-refractivity contribution in [3.63, 3.8) is 0 Å². The summed E-state index contributed by atoms with van der Waals surface area (Å²) in [5, 5.41) is 3.47. The van der Waals surface area contributed by atoms with Crippen LogP contribution < -0.4 is 0 Å². The molecule has 0 saturated carbocycles. The third kappa shape index (κ3) is 4.04. The second-order valence-electron chi connectivity index (χ2n) is 5.29. The molecule has 0 bridgehead atoms. The second-order valence-corrected chi connectivity index (χ2v) is 5.29. The monoisotopic (exact) mass is 290 g/mol. The van der Waals surface area contributed by atoms with Crippen LogP contribution in [0.2, 0.25) is 0 Å². The molecule has 1 aliphatic rings. The number of hydrogen-bond donors (Lipinski definition) is 0. The molecule has 1 atom stereocenters. The molecule has 0 spiro atoms. The Morgan fingerprint density at radius 1 is 1.24 bits per heavy atom. The topological polar surface area (TPSA) is 49.9 Å². The van der Waals surface area contributed by atoms with Gasteiger partial charge < -0.3 is 4.74 Å². The average Bonchev–Trinajstić information content (AvgIpc) is 2.99. The van der Waals surface area contributed by atoms with Crippen LogP contribution in [0.3, 0.4) is 0 Å². The number of carbonyl (C=O) groups is 2. The summed E-state index contributed by atoms with van der Waals surface area (Å²) in [6.07, 6.45) is 2.10. The highest BCUT2D eigenvalue weighted by atomic mass is 16.5. The number of carbonyl (C=O) groups excluding carboxylic acids is 2. The van der Waals surface area contributed by atoms with Gasteiger partial charge in [-0.25, -0.2) is 9.80 Å². The third-order valence-corrected chi connectivity index (χ3v) is 3.64. The summed E-state index contributed by atoms with van der Waals surface area (Å²) >= 11 is 0. The number of hydrazine groups is 1. The number of benzene rings is 1. The normalized spacial score (nSPS) is 16.5. The first-order valence-corrected chi connectivity index (χ1v) is 7.35. The molecule has 2 rings (SSSR count). The third-order valence-electron chi connectivity index (χ3n) is 3.64. The van der Waals surface area contributed by atoms with Gasteiger partial charge in [-0.05, 0) is 25.3 Å². The first-order chi connectivity index (χ1) is 10.1. The fourth-order valence-corrected chi connectivity index (χ4v) is 2.58. The molecule has 0 radical (unpaired) electrons. The fourth-order valence-electron chi connectivity index (χ4n) is 2.58. The molecular weight excluding hydrogens is 268 g/mol. The Morgan fingerprint density at radius 2 is 1.86 bits per heavy atom. The number of ether oxygens (including phenoxy) is 1. The summed E-state index contributed by atoms with van der Waals surface area (Å²) in [6, 6.07) is 8.93. The summed E-state index contributed by atoms with van der Waals surface area (Å²) in [7, 11) is 0. The maximum atomic E-state index is 12.2. The van der Waals surface area contributed by atoms with Crippen molar-refractivity contribution in [2.45, 2.75) is 39.3 Å². The molecule has 1 aromatic rings. The minimum atomic E-state index is -0.593. The Morgan fingerprint density at radius 3 is 2.43 bits per heavy atom. The van der Waals surface area contributed by atoms with Crippen molar-refractivity contribution in [3.05, 3.63) is 35.9 Å². The van der Waals surface area contributed by atoms with Crippen LogP contribution in [0.1, 0.15) is 32.3 Å². The molecule has 5 nitrogen and oxygen atoms in total. The first kappa shape index (κ1) is 15.5. The van der Waals surface area contributed by atoms with E-state index in [1.807, 2.05) is 35.3 Å². The maximum absolute atomic E-state index is 12.2. The lowest BCUT2D eigenvalue weighted by atomic mass is 10.2. The van der Waals surface area contributed by atoms with E-state index < -0.39 is 6.04 Å². The van der Waals surface area contributed by atoms with Gasteiger partial charge >= 0.3 is 5.97 Å². The number of rotatable bonds is 5. The number of amides is 1. The molecule has 1 saturated heterocycles. The van der Waals surface area contributed by atoms with Gasteiger partial charge in [-0.1, -0.05) is 30.3 Å². The zero-order valence-corrected chi connectivity index (χ0v) is 12.6. The van der Waals surface area contributed by atoms with Gasteiger partial charge in [0.25, 0.3) is 0 Å². The van der Waals surface area contributed by atoms with Crippen LogP contribution in [0.4, 0.5) is 0 Å². The van der Waals surface area contributed by atoms with Gasteiger partial charge in [0, 0.05) is 20.0 Å².